The summed E-state index contributed by atoms with van der Waals surface area (Å²) in [5.41, 5.74) is 0.918. The Bertz CT molecular complexity index is 616. The summed E-state index contributed by atoms with van der Waals surface area (Å²) >= 11 is 1.41. The molecular weight excluding hydrogens is 304 g/mol. The molecule has 1 aromatic carbocycles. The topological polar surface area (TPSA) is 95.5 Å². The normalized spacial score (nSPS) is 15.0. The number of benzene rings is 1. The summed E-state index contributed by atoms with van der Waals surface area (Å²) in [4.78, 5) is 35.7. The zero-order valence-electron chi connectivity index (χ0n) is 12.4. The number of nitrogens with one attached hydrogen (secondary N) is 2. The molecule has 7 heteroatoms. The van der Waals surface area contributed by atoms with Gasteiger partial charge < -0.3 is 15.7 Å². The van der Waals surface area contributed by atoms with Gasteiger partial charge in [-0.2, -0.15) is 0 Å². The van der Waals surface area contributed by atoms with Crippen LogP contribution in [-0.2, 0) is 9.59 Å². The van der Waals surface area contributed by atoms with Gasteiger partial charge in [0.05, 0.1) is 11.4 Å². The number of carbonyl (C=O) groups is 3. The summed E-state index contributed by atoms with van der Waals surface area (Å²) in [6, 6.07) is 4.04. The molecule has 2 rings (SSSR count). The average Bonchev–Trinajstić information content (AvgIpc) is 2.45. The highest BCUT2D eigenvalue weighted by Gasteiger charge is 2.23. The number of carboxylic acids is 1. The molecular formula is C15H18N2O4S. The van der Waals surface area contributed by atoms with Crippen LogP contribution >= 0.6 is 11.8 Å². The Balaban J connectivity index is 2.13. The van der Waals surface area contributed by atoms with Crippen LogP contribution in [-0.4, -0.2) is 34.7 Å². The van der Waals surface area contributed by atoms with E-state index >= 15 is 0 Å². The number of amides is 2. The molecule has 0 bridgehead atoms. The fourth-order valence-corrected chi connectivity index (χ4v) is 2.95. The fourth-order valence-electron chi connectivity index (χ4n) is 2.16. The second kappa shape index (κ2) is 6.83. The SMILES string of the molecule is CC(C)C[C@@H](NC(=O)c1ccc2c(c1)NC(=O)CS2)C(=O)O. The smallest absolute Gasteiger partial charge is 0.326 e. The maximum atomic E-state index is 12.2. The lowest BCUT2D eigenvalue weighted by Crippen LogP contribution is -2.41. The Labute approximate surface area is 132 Å². The Morgan fingerprint density at radius 1 is 1.41 bits per heavy atom. The first-order valence-corrected chi connectivity index (χ1v) is 7.95. The number of carbonyl (C=O) groups excluding carboxylic acids is 2. The van der Waals surface area contributed by atoms with Gasteiger partial charge in [-0.3, -0.25) is 9.59 Å². The molecule has 1 aromatic rings. The summed E-state index contributed by atoms with van der Waals surface area (Å²) in [7, 11) is 0. The molecule has 118 valence electrons. The van der Waals surface area contributed by atoms with E-state index in [1.807, 2.05) is 13.8 Å². The van der Waals surface area contributed by atoms with E-state index in [2.05, 4.69) is 10.6 Å². The molecule has 1 aliphatic heterocycles. The van der Waals surface area contributed by atoms with Gasteiger partial charge in [0, 0.05) is 10.5 Å². The number of thioether (sulfide) groups is 1. The molecule has 0 spiro atoms. The minimum atomic E-state index is -1.05. The van der Waals surface area contributed by atoms with Crippen LogP contribution in [0.2, 0.25) is 0 Å². The van der Waals surface area contributed by atoms with E-state index < -0.39 is 17.9 Å². The number of aliphatic carboxylic acids is 1. The molecule has 0 radical (unpaired) electrons. The molecule has 1 aliphatic rings. The third kappa shape index (κ3) is 4.00. The van der Waals surface area contributed by atoms with Crippen LogP contribution in [0.3, 0.4) is 0 Å². The van der Waals surface area contributed by atoms with Crippen LogP contribution in [0.1, 0.15) is 30.6 Å². The highest BCUT2D eigenvalue weighted by atomic mass is 32.2. The molecule has 0 saturated heterocycles. The fraction of sp³-hybridized carbons (Fsp3) is 0.400. The van der Waals surface area contributed by atoms with Crippen molar-refractivity contribution in [2.75, 3.05) is 11.1 Å². The Kier molecular flexibility index (Phi) is 5.07. The van der Waals surface area contributed by atoms with Crippen LogP contribution < -0.4 is 10.6 Å². The van der Waals surface area contributed by atoms with Crippen molar-refractivity contribution in [1.82, 2.24) is 5.32 Å². The number of hydrogen-bond acceptors (Lipinski definition) is 4. The van der Waals surface area contributed by atoms with E-state index in [4.69, 9.17) is 5.11 Å². The highest BCUT2D eigenvalue weighted by molar-refractivity contribution is 8.00. The molecule has 0 saturated carbocycles. The first-order chi connectivity index (χ1) is 10.4. The van der Waals surface area contributed by atoms with Crippen molar-refractivity contribution in [2.24, 2.45) is 5.92 Å². The molecule has 0 fully saturated rings. The lowest BCUT2D eigenvalue weighted by atomic mass is 10.0. The monoisotopic (exact) mass is 322 g/mol. The van der Waals surface area contributed by atoms with Crippen LogP contribution in [0.15, 0.2) is 23.1 Å². The van der Waals surface area contributed by atoms with E-state index in [-0.39, 0.29) is 11.8 Å². The minimum absolute atomic E-state index is 0.113. The Morgan fingerprint density at radius 3 is 2.77 bits per heavy atom. The molecule has 0 unspecified atom stereocenters. The molecule has 3 N–H and O–H groups in total. The summed E-state index contributed by atoms with van der Waals surface area (Å²) in [6.07, 6.45) is 0.360. The summed E-state index contributed by atoms with van der Waals surface area (Å²) in [5.74, 6) is -1.11. The number of carboxylic acid groups (broad SMARTS) is 1. The van der Waals surface area contributed by atoms with E-state index in [9.17, 15) is 14.4 Å². The third-order valence-corrected chi connectivity index (χ3v) is 4.26. The van der Waals surface area contributed by atoms with Gasteiger partial charge in [-0.1, -0.05) is 13.8 Å². The van der Waals surface area contributed by atoms with Gasteiger partial charge in [0.2, 0.25) is 5.91 Å². The number of rotatable bonds is 5. The molecule has 6 nitrogen and oxygen atoms in total. The minimum Gasteiger partial charge on any atom is -0.480 e. The molecule has 22 heavy (non-hydrogen) atoms. The van der Waals surface area contributed by atoms with E-state index in [1.165, 1.54) is 11.8 Å². The van der Waals surface area contributed by atoms with Crippen molar-refractivity contribution in [3.63, 3.8) is 0 Å². The molecule has 1 atom stereocenters. The zero-order chi connectivity index (χ0) is 16.3. The predicted molar refractivity (Wildman–Crippen MR) is 84.1 cm³/mol. The summed E-state index contributed by atoms with van der Waals surface area (Å²) in [5, 5.41) is 14.4. The highest BCUT2D eigenvalue weighted by Crippen LogP contribution is 2.31. The summed E-state index contributed by atoms with van der Waals surface area (Å²) in [6.45, 7) is 3.79. The summed E-state index contributed by atoms with van der Waals surface area (Å²) < 4.78 is 0. The van der Waals surface area contributed by atoms with Crippen molar-refractivity contribution in [3.8, 4) is 0 Å². The lowest BCUT2D eigenvalue weighted by Gasteiger charge is -2.19. The lowest BCUT2D eigenvalue weighted by molar-refractivity contribution is -0.139. The van der Waals surface area contributed by atoms with Gasteiger partial charge in [-0.25, -0.2) is 4.79 Å². The van der Waals surface area contributed by atoms with Crippen molar-refractivity contribution in [2.45, 2.75) is 31.2 Å². The van der Waals surface area contributed by atoms with Crippen LogP contribution in [0, 0.1) is 5.92 Å². The molecule has 0 aliphatic carbocycles. The molecule has 0 aromatic heterocycles. The second-order valence-corrected chi connectivity index (χ2v) is 6.56. The second-order valence-electron chi connectivity index (χ2n) is 5.54. The number of hydrogen-bond donors (Lipinski definition) is 3. The van der Waals surface area contributed by atoms with Crippen molar-refractivity contribution in [1.29, 1.82) is 0 Å². The van der Waals surface area contributed by atoms with Crippen molar-refractivity contribution in [3.05, 3.63) is 23.8 Å². The van der Waals surface area contributed by atoms with E-state index in [0.717, 1.165) is 4.90 Å². The largest absolute Gasteiger partial charge is 0.480 e. The maximum Gasteiger partial charge on any atom is 0.326 e. The number of anilines is 1. The van der Waals surface area contributed by atoms with E-state index in [1.54, 1.807) is 18.2 Å². The van der Waals surface area contributed by atoms with Crippen LogP contribution in [0.5, 0.6) is 0 Å². The van der Waals surface area contributed by atoms with E-state index in [0.29, 0.717) is 23.4 Å². The zero-order valence-corrected chi connectivity index (χ0v) is 13.2. The van der Waals surface area contributed by atoms with Gasteiger partial charge in [0.25, 0.3) is 5.91 Å². The van der Waals surface area contributed by atoms with Gasteiger partial charge in [-0.15, -0.1) is 11.8 Å². The predicted octanol–water partition coefficient (Wildman–Crippen LogP) is 1.96. The van der Waals surface area contributed by atoms with Gasteiger partial charge in [0.15, 0.2) is 0 Å². The van der Waals surface area contributed by atoms with Crippen LogP contribution in [0.25, 0.3) is 0 Å². The first-order valence-electron chi connectivity index (χ1n) is 6.97. The van der Waals surface area contributed by atoms with Crippen LogP contribution in [0.4, 0.5) is 5.69 Å². The standard InChI is InChI=1S/C15H18N2O4S/c1-8(2)5-11(15(20)21)17-14(19)9-3-4-12-10(6-9)16-13(18)7-22-12/h3-4,6,8,11H,5,7H2,1-2H3,(H,16,18)(H,17,19)(H,20,21)/t11-/m1/s1. The molecule has 2 amide bonds. The quantitative estimate of drug-likeness (QED) is 0.770. The Hall–Kier alpha value is -2.02. The molecule has 1 heterocycles. The number of fused-ring (bicyclic) bond motifs is 1. The maximum absolute atomic E-state index is 12.2. The third-order valence-electron chi connectivity index (χ3n) is 3.19. The first kappa shape index (κ1) is 16.4. The van der Waals surface area contributed by atoms with Gasteiger partial charge in [-0.05, 0) is 30.5 Å². The van der Waals surface area contributed by atoms with Gasteiger partial charge >= 0.3 is 5.97 Å². The van der Waals surface area contributed by atoms with Crippen molar-refractivity contribution >= 4 is 35.2 Å². The van der Waals surface area contributed by atoms with Crippen molar-refractivity contribution < 1.29 is 19.5 Å². The van der Waals surface area contributed by atoms with Gasteiger partial charge in [0.1, 0.15) is 6.04 Å². The Morgan fingerprint density at radius 2 is 2.14 bits per heavy atom. The average molecular weight is 322 g/mol.